The third-order valence-corrected chi connectivity index (χ3v) is 17.4. The number of hydrogen-bond donors (Lipinski definition) is 19. The lowest BCUT2D eigenvalue weighted by Gasteiger charge is -2.51. The van der Waals surface area contributed by atoms with Gasteiger partial charge in [0.25, 0.3) is 5.91 Å². The van der Waals surface area contributed by atoms with E-state index < -0.39 is 246 Å². The van der Waals surface area contributed by atoms with Crippen molar-refractivity contribution in [3.05, 3.63) is 29.8 Å². The maximum Gasteiger partial charge on any atom is 0.251 e. The van der Waals surface area contributed by atoms with Crippen molar-refractivity contribution in [1.29, 1.82) is 0 Å². The highest BCUT2D eigenvalue weighted by atomic mass is 16.8. The maximum absolute atomic E-state index is 13.9. The molecule has 7 rings (SSSR count). The van der Waals surface area contributed by atoms with Gasteiger partial charge in [0, 0.05) is 46.1 Å². The van der Waals surface area contributed by atoms with Crippen molar-refractivity contribution >= 4 is 29.5 Å². The van der Waals surface area contributed by atoms with Crippen molar-refractivity contribution in [3.63, 3.8) is 0 Å². The van der Waals surface area contributed by atoms with Crippen LogP contribution in [0.25, 0.3) is 0 Å². The van der Waals surface area contributed by atoms with E-state index in [2.05, 4.69) is 45.3 Å². The van der Waals surface area contributed by atoms with Gasteiger partial charge in [0.2, 0.25) is 23.6 Å². The normalized spacial score (nSPS) is 39.6. The second-order valence-electron chi connectivity index (χ2n) is 24.9. The highest BCUT2D eigenvalue weighted by Crippen LogP contribution is 2.37. The van der Waals surface area contributed by atoms with E-state index in [1.807, 2.05) is 0 Å². The second kappa shape index (κ2) is 37.7. The van der Waals surface area contributed by atoms with Gasteiger partial charge in [-0.1, -0.05) is 32.3 Å². The van der Waals surface area contributed by atoms with Crippen LogP contribution in [0.1, 0.15) is 96.8 Å². The molecule has 36 heteroatoms. The highest BCUT2D eigenvalue weighted by Gasteiger charge is 2.58. The van der Waals surface area contributed by atoms with Crippen molar-refractivity contribution in [3.8, 4) is 17.6 Å². The van der Waals surface area contributed by atoms with Gasteiger partial charge in [-0.05, 0) is 38.0 Å². The second-order valence-corrected chi connectivity index (χ2v) is 24.9. The summed E-state index contributed by atoms with van der Waals surface area (Å²) in [5.74, 6) is 2.53. The van der Waals surface area contributed by atoms with Gasteiger partial charge in [0.1, 0.15) is 146 Å². The fraction of sp³-hybridized carbons (Fsp3) is 0.790. The molecule has 36 nitrogen and oxygen atoms in total. The summed E-state index contributed by atoms with van der Waals surface area (Å²) < 4.78 is 71.9. The number of benzene rings is 1. The minimum Gasteiger partial charge on any atom is -0.494 e. The van der Waals surface area contributed by atoms with Crippen LogP contribution in [0.3, 0.4) is 0 Å². The smallest absolute Gasteiger partial charge is 0.251 e. The minimum absolute atomic E-state index is 0.0314. The molecule has 6 fully saturated rings. The van der Waals surface area contributed by atoms with E-state index in [9.17, 15) is 95.5 Å². The average molecular weight is 1410 g/mol. The van der Waals surface area contributed by atoms with Crippen LogP contribution in [-0.4, -0.2) is 325 Å². The Morgan fingerprint density at radius 2 is 0.878 bits per heavy atom. The monoisotopic (exact) mass is 1410 g/mol. The Kier molecular flexibility index (Phi) is 30.9. The fourth-order valence-electron chi connectivity index (χ4n) is 12.3. The van der Waals surface area contributed by atoms with Gasteiger partial charge in [-0.15, -0.1) is 11.8 Å². The van der Waals surface area contributed by atoms with Gasteiger partial charge in [0.05, 0.1) is 45.7 Å². The molecule has 6 saturated heterocycles. The maximum atomic E-state index is 13.9. The van der Waals surface area contributed by atoms with Crippen LogP contribution in [0, 0.1) is 11.8 Å². The number of hydrogen-bond acceptors (Lipinski definition) is 31. The summed E-state index contributed by atoms with van der Waals surface area (Å²) in [4.78, 5) is 65.0. The number of rotatable bonds is 29. The molecular weight excluding hydrogens is 1310 g/mol. The number of unbranched alkanes of at least 4 members (excludes halogenated alkanes) is 5. The van der Waals surface area contributed by atoms with Gasteiger partial charge in [-0.25, -0.2) is 0 Å². The highest BCUT2D eigenvalue weighted by molar-refractivity contribution is 5.94. The van der Waals surface area contributed by atoms with E-state index in [0.29, 0.717) is 18.6 Å². The van der Waals surface area contributed by atoms with Crippen LogP contribution in [0.4, 0.5) is 0 Å². The van der Waals surface area contributed by atoms with E-state index in [1.54, 1.807) is 12.1 Å². The molecule has 30 atom stereocenters. The van der Waals surface area contributed by atoms with Gasteiger partial charge < -0.3 is 155 Å². The van der Waals surface area contributed by atoms with Crippen LogP contribution >= 0.6 is 0 Å². The lowest BCUT2D eigenvalue weighted by molar-refractivity contribution is -0.368. The lowest BCUT2D eigenvalue weighted by atomic mass is 9.93. The molecule has 6 aliphatic heterocycles. The first-order chi connectivity index (χ1) is 46.7. The molecule has 6 heterocycles. The molecule has 0 aliphatic carbocycles. The summed E-state index contributed by atoms with van der Waals surface area (Å²) in [6, 6.07) is -2.60. The number of aliphatic hydroxyl groups excluding tert-OH is 14. The van der Waals surface area contributed by atoms with Gasteiger partial charge in [-0.3, -0.25) is 24.0 Å². The SMILES string of the molecule is CCCCCCC#CCCCOc1cccc(C(=O)N[C@H]2C(O[C@H]3C(O)C(NC(C)=O)C(OC4C(CO)O[C@@H](O[C@H]5C(O)C(NC(C)=O)C(OC6C(CO[C@H]7OC(C)C(O)[C@@H](O)[C@@H]7O)OC(O)[C@H](NC(C)=O)[C@H]6O)O[C@@H]5CO)[C@H](NC(C)=O)[C@H]4O)O[C@@H]3CO)OC(CO)[C@H](O)[C@@H]2O)c1. The number of ether oxygens (including phenoxy) is 12. The molecule has 1 aromatic carbocycles. The molecule has 556 valence electrons. The molecule has 15 unspecified atom stereocenters. The molecule has 1 aromatic rings. The Hall–Kier alpha value is -5.07. The lowest BCUT2D eigenvalue weighted by Crippen LogP contribution is -2.72. The summed E-state index contributed by atoms with van der Waals surface area (Å²) in [7, 11) is 0. The number of carbonyl (C=O) groups excluding carboxylic acids is 5. The van der Waals surface area contributed by atoms with Crippen LogP contribution in [0.5, 0.6) is 5.75 Å². The Bertz CT molecular complexity index is 2770. The Labute approximate surface area is 564 Å². The standard InChI is InChI=1S/C62H97N5O31/c1-7-8-9-10-11-12-13-14-15-19-87-32-18-16-17-31(20-32)56(85)67-39-45(78)44(77)33(21-68)91-58(39)95-52-34(22-69)92-59(40(47(52)80)64-28(4)73)96-53-35(23-70)93-60(41(48(53)81)65-29(5)74)97-54-36(24-71)94-61(42(49(54)82)66-30(6)75)98-55-37(90-57(86)38(46(55)79)63-27(3)72)25-88-62-51(84)50(83)43(76)26(2)89-62/h16-18,20,26,33-55,57-62,68-71,76-84,86H,7-11,14-15,19,21-25H2,1-6H3,(H,63,72)(H,64,73)(H,65,74)(H,66,75)(H,67,85)/t26?,33?,34-,35?,36-,37?,38-,39-,40?,41-,42?,43?,44+,45-,46-,47?,48-,49?,50-,51+,52-,53?,54-,55?,57?,58?,59?,60+,61?,62+/m1/s1. The number of aliphatic hydroxyl groups is 14. The van der Waals surface area contributed by atoms with Gasteiger partial charge >= 0.3 is 0 Å². The number of amides is 5. The third kappa shape index (κ3) is 20.4. The zero-order valence-corrected chi connectivity index (χ0v) is 55.0. The third-order valence-electron chi connectivity index (χ3n) is 17.4. The zero-order valence-electron chi connectivity index (χ0n) is 55.0. The van der Waals surface area contributed by atoms with E-state index >= 15 is 0 Å². The molecule has 0 spiro atoms. The first kappa shape index (κ1) is 80.2. The molecule has 98 heavy (non-hydrogen) atoms. The predicted molar refractivity (Wildman–Crippen MR) is 327 cm³/mol. The first-order valence-electron chi connectivity index (χ1n) is 32.6. The van der Waals surface area contributed by atoms with Gasteiger partial charge in [-0.2, -0.15) is 0 Å². The number of nitrogens with one attached hydrogen (secondary N) is 5. The molecule has 0 radical (unpaired) electrons. The molecule has 19 N–H and O–H groups in total. The van der Waals surface area contributed by atoms with E-state index in [0.717, 1.165) is 59.8 Å². The zero-order chi connectivity index (χ0) is 71.8. The van der Waals surface area contributed by atoms with Crippen LogP contribution < -0.4 is 31.3 Å². The largest absolute Gasteiger partial charge is 0.494 e. The Morgan fingerprint density at radius 1 is 0.449 bits per heavy atom. The van der Waals surface area contributed by atoms with Crippen LogP contribution in [0.15, 0.2) is 24.3 Å². The number of carbonyl (C=O) groups is 5. The minimum atomic E-state index is -2.08. The van der Waals surface area contributed by atoms with E-state index in [1.165, 1.54) is 19.1 Å². The topological polar surface area (TPSA) is 539 Å². The van der Waals surface area contributed by atoms with Crippen molar-refractivity contribution in [2.75, 3.05) is 39.6 Å². The summed E-state index contributed by atoms with van der Waals surface area (Å²) in [6.45, 7) is 3.20. The molecule has 6 aliphatic rings. The summed E-state index contributed by atoms with van der Waals surface area (Å²) in [5.41, 5.74) is 0.0314. The molecular formula is C62H97N5O31. The molecule has 0 aromatic heterocycles. The average Bonchev–Trinajstić information content (AvgIpc) is 0.772. The summed E-state index contributed by atoms with van der Waals surface area (Å²) in [5, 5.41) is 168. The van der Waals surface area contributed by atoms with Crippen molar-refractivity contribution in [1.82, 2.24) is 26.6 Å². The van der Waals surface area contributed by atoms with E-state index in [-0.39, 0.29) is 12.2 Å². The van der Waals surface area contributed by atoms with Crippen molar-refractivity contribution in [2.24, 2.45) is 0 Å². The quantitative estimate of drug-likeness (QED) is 0.0262. The van der Waals surface area contributed by atoms with Crippen LogP contribution in [-0.2, 0) is 71.3 Å². The first-order valence-corrected chi connectivity index (χ1v) is 32.6. The van der Waals surface area contributed by atoms with Crippen molar-refractivity contribution in [2.45, 2.75) is 270 Å². The Morgan fingerprint density at radius 3 is 1.34 bits per heavy atom. The molecule has 0 bridgehead atoms. The predicted octanol–water partition coefficient (Wildman–Crippen LogP) is -7.93. The summed E-state index contributed by atoms with van der Waals surface area (Å²) in [6.07, 6.45) is -38.5. The Balaban J connectivity index is 1.07. The summed E-state index contributed by atoms with van der Waals surface area (Å²) >= 11 is 0. The molecule has 0 saturated carbocycles. The van der Waals surface area contributed by atoms with Gasteiger partial charge in [0.15, 0.2) is 37.7 Å². The van der Waals surface area contributed by atoms with Crippen molar-refractivity contribution < 1.29 is 152 Å². The fourth-order valence-corrected chi connectivity index (χ4v) is 12.3. The molecule has 5 amide bonds. The van der Waals surface area contributed by atoms with E-state index in [4.69, 9.17) is 56.8 Å². The van der Waals surface area contributed by atoms with Crippen LogP contribution in [0.2, 0.25) is 0 Å².